The molecule has 0 aliphatic carbocycles. The molecule has 84 valence electrons. The van der Waals surface area contributed by atoms with Crippen LogP contribution in [0.3, 0.4) is 0 Å². The van der Waals surface area contributed by atoms with Crippen LogP contribution in [0, 0.1) is 0 Å². The van der Waals surface area contributed by atoms with Gasteiger partial charge in [0.15, 0.2) is 0 Å². The van der Waals surface area contributed by atoms with Gasteiger partial charge in [-0.05, 0) is 53.6 Å². The number of nitrogens with one attached hydrogen (secondary N) is 1. The quantitative estimate of drug-likeness (QED) is 0.829. The van der Waals surface area contributed by atoms with E-state index >= 15 is 0 Å². The van der Waals surface area contributed by atoms with Crippen LogP contribution in [0.15, 0.2) is 27.6 Å². The van der Waals surface area contributed by atoms with Gasteiger partial charge in [-0.3, -0.25) is 0 Å². The number of hydrogen-bond donors (Lipinski definition) is 1. The fourth-order valence-corrected chi connectivity index (χ4v) is 2.85. The molecular weight excluding hydrogens is 270 g/mol. The van der Waals surface area contributed by atoms with Gasteiger partial charge in [-0.2, -0.15) is 0 Å². The molecule has 0 unspecified atom stereocenters. The molecule has 1 nitrogen and oxygen atoms in total. The maximum absolute atomic E-state index is 3.63. The first-order chi connectivity index (χ1) is 7.13. The third-order valence-electron chi connectivity index (χ3n) is 2.02. The lowest BCUT2D eigenvalue weighted by molar-refractivity contribution is 0.791. The third kappa shape index (κ3) is 4.58. The van der Waals surface area contributed by atoms with E-state index in [-0.39, 0.29) is 0 Å². The monoisotopic (exact) mass is 287 g/mol. The summed E-state index contributed by atoms with van der Waals surface area (Å²) in [5, 5.41) is 3.79. The summed E-state index contributed by atoms with van der Waals surface area (Å²) in [5.41, 5.74) is 1.38. The molecule has 0 radical (unpaired) electrons. The predicted octanol–water partition coefficient (Wildman–Crippen LogP) is 3.71. The summed E-state index contributed by atoms with van der Waals surface area (Å²) in [4.78, 5) is 1.33. The van der Waals surface area contributed by atoms with E-state index in [1.165, 1.54) is 14.9 Å². The molecule has 1 aromatic carbocycles. The molecule has 0 saturated carbocycles. The Morgan fingerprint density at radius 3 is 2.67 bits per heavy atom. The second kappa shape index (κ2) is 6.56. The topological polar surface area (TPSA) is 12.0 Å². The molecular formula is C12H18BrNS. The Morgan fingerprint density at radius 1 is 1.40 bits per heavy atom. The molecule has 15 heavy (non-hydrogen) atoms. The fourth-order valence-electron chi connectivity index (χ4n) is 1.32. The van der Waals surface area contributed by atoms with E-state index in [1.54, 1.807) is 0 Å². The maximum Gasteiger partial charge on any atom is 0.0314 e. The third-order valence-corrected chi connectivity index (χ3v) is 4.02. The molecule has 0 amide bonds. The first-order valence-corrected chi connectivity index (χ1v) is 6.90. The lowest BCUT2D eigenvalue weighted by Gasteiger charge is -2.09. The Kier molecular flexibility index (Phi) is 5.72. The van der Waals surface area contributed by atoms with E-state index in [9.17, 15) is 0 Å². The molecule has 1 N–H and O–H groups in total. The minimum atomic E-state index is 0.629. The Morgan fingerprint density at radius 2 is 2.13 bits per heavy atom. The predicted molar refractivity (Wildman–Crippen MR) is 72.8 cm³/mol. The van der Waals surface area contributed by atoms with E-state index in [4.69, 9.17) is 0 Å². The molecule has 3 heteroatoms. The minimum absolute atomic E-state index is 0.629. The van der Waals surface area contributed by atoms with Crippen LogP contribution in [0.4, 0.5) is 0 Å². The molecule has 0 fully saturated rings. The van der Waals surface area contributed by atoms with Gasteiger partial charge >= 0.3 is 0 Å². The van der Waals surface area contributed by atoms with E-state index in [1.807, 2.05) is 18.8 Å². The first-order valence-electron chi connectivity index (χ1n) is 5.23. The highest BCUT2D eigenvalue weighted by Crippen LogP contribution is 2.31. The van der Waals surface area contributed by atoms with Crippen LogP contribution in [0.1, 0.15) is 19.4 Å². The van der Waals surface area contributed by atoms with Crippen LogP contribution in [-0.4, -0.2) is 18.8 Å². The van der Waals surface area contributed by atoms with Gasteiger partial charge in [-0.25, -0.2) is 0 Å². The molecule has 0 aliphatic heterocycles. The molecule has 0 saturated heterocycles. The van der Waals surface area contributed by atoms with E-state index < -0.39 is 0 Å². The summed E-state index contributed by atoms with van der Waals surface area (Å²) in [7, 11) is 1.98. The first kappa shape index (κ1) is 13.1. The van der Waals surface area contributed by atoms with Crippen LogP contribution in [0.25, 0.3) is 0 Å². The van der Waals surface area contributed by atoms with Crippen molar-refractivity contribution in [3.63, 3.8) is 0 Å². The van der Waals surface area contributed by atoms with E-state index in [0.717, 1.165) is 13.0 Å². The standard InChI is InChI=1S/C12H18BrNS/c1-9(2)15-12-5-4-10(6-7-14-3)8-11(12)13/h4-5,8-9,14H,6-7H2,1-3H3. The van der Waals surface area contributed by atoms with Gasteiger partial charge < -0.3 is 5.32 Å². The average Bonchev–Trinajstić information content (AvgIpc) is 2.18. The van der Waals surface area contributed by atoms with Crippen molar-refractivity contribution < 1.29 is 0 Å². The largest absolute Gasteiger partial charge is 0.319 e. The molecule has 0 atom stereocenters. The second-order valence-corrected chi connectivity index (χ2v) is 6.26. The van der Waals surface area contributed by atoms with Gasteiger partial charge in [0.1, 0.15) is 0 Å². The normalized spacial score (nSPS) is 11.0. The summed E-state index contributed by atoms with van der Waals surface area (Å²) >= 11 is 5.52. The Labute approximate surface area is 105 Å². The Bertz CT molecular complexity index is 312. The number of hydrogen-bond acceptors (Lipinski definition) is 2. The van der Waals surface area contributed by atoms with Gasteiger partial charge in [0.25, 0.3) is 0 Å². The molecule has 1 rings (SSSR count). The zero-order valence-electron chi connectivity index (χ0n) is 9.51. The number of halogens is 1. The van der Waals surface area contributed by atoms with Crippen molar-refractivity contribution >= 4 is 27.7 Å². The molecule has 0 bridgehead atoms. The maximum atomic E-state index is 3.63. The highest BCUT2D eigenvalue weighted by atomic mass is 79.9. The Balaban J connectivity index is 2.70. The van der Waals surface area contributed by atoms with Crippen molar-refractivity contribution in [2.45, 2.75) is 30.4 Å². The van der Waals surface area contributed by atoms with Gasteiger partial charge in [-0.15, -0.1) is 11.8 Å². The Hall–Kier alpha value is 0.01000. The highest BCUT2D eigenvalue weighted by Gasteiger charge is 2.04. The molecule has 0 aromatic heterocycles. The van der Waals surface area contributed by atoms with Crippen LogP contribution in [0.5, 0.6) is 0 Å². The highest BCUT2D eigenvalue weighted by molar-refractivity contribution is 9.10. The average molecular weight is 288 g/mol. The van der Waals surface area contributed by atoms with Crippen LogP contribution in [-0.2, 0) is 6.42 Å². The fraction of sp³-hybridized carbons (Fsp3) is 0.500. The summed E-state index contributed by atoms with van der Waals surface area (Å²) in [6.07, 6.45) is 1.09. The summed E-state index contributed by atoms with van der Waals surface area (Å²) in [6.45, 7) is 5.46. The van der Waals surface area contributed by atoms with Crippen molar-refractivity contribution in [3.8, 4) is 0 Å². The molecule has 0 aliphatic rings. The SMILES string of the molecule is CNCCc1ccc(SC(C)C)c(Br)c1. The lowest BCUT2D eigenvalue weighted by Crippen LogP contribution is -2.10. The molecule has 0 spiro atoms. The van der Waals surface area contributed by atoms with Crippen molar-refractivity contribution in [1.29, 1.82) is 0 Å². The minimum Gasteiger partial charge on any atom is -0.319 e. The summed E-state index contributed by atoms with van der Waals surface area (Å²) in [5.74, 6) is 0. The van der Waals surface area contributed by atoms with Gasteiger partial charge in [0, 0.05) is 14.6 Å². The van der Waals surface area contributed by atoms with Gasteiger partial charge in [-0.1, -0.05) is 19.9 Å². The molecule has 1 aromatic rings. The van der Waals surface area contributed by atoms with E-state index in [0.29, 0.717) is 5.25 Å². The van der Waals surface area contributed by atoms with Crippen molar-refractivity contribution in [3.05, 3.63) is 28.2 Å². The number of rotatable bonds is 5. The number of benzene rings is 1. The second-order valence-electron chi connectivity index (χ2n) is 3.78. The molecule has 0 heterocycles. The van der Waals surface area contributed by atoms with Gasteiger partial charge in [0.05, 0.1) is 0 Å². The van der Waals surface area contributed by atoms with Crippen molar-refractivity contribution in [2.75, 3.05) is 13.6 Å². The van der Waals surface area contributed by atoms with E-state index in [2.05, 4.69) is 53.3 Å². The smallest absolute Gasteiger partial charge is 0.0314 e. The summed E-state index contributed by atoms with van der Waals surface area (Å²) < 4.78 is 1.22. The van der Waals surface area contributed by atoms with Crippen LogP contribution in [0.2, 0.25) is 0 Å². The number of likely N-dealkylation sites (N-methyl/N-ethyl adjacent to an activating group) is 1. The van der Waals surface area contributed by atoms with Crippen LogP contribution < -0.4 is 5.32 Å². The zero-order valence-corrected chi connectivity index (χ0v) is 11.9. The zero-order chi connectivity index (χ0) is 11.3. The summed E-state index contributed by atoms with van der Waals surface area (Å²) in [6, 6.07) is 6.65. The lowest BCUT2D eigenvalue weighted by atomic mass is 10.1. The van der Waals surface area contributed by atoms with Crippen molar-refractivity contribution in [1.82, 2.24) is 5.32 Å². The number of thioether (sulfide) groups is 1. The van der Waals surface area contributed by atoms with Crippen molar-refractivity contribution in [2.24, 2.45) is 0 Å². The van der Waals surface area contributed by atoms with Gasteiger partial charge in [0.2, 0.25) is 0 Å². The van der Waals surface area contributed by atoms with Crippen LogP contribution >= 0.6 is 27.7 Å².